The Morgan fingerprint density at radius 1 is 1.42 bits per heavy atom. The molecule has 0 aliphatic heterocycles. The molecule has 0 radical (unpaired) electrons. The fourth-order valence-corrected chi connectivity index (χ4v) is 1.52. The van der Waals surface area contributed by atoms with Crippen LogP contribution in [-0.2, 0) is 0 Å². The SMILES string of the molecule is O=C(Nc1cccnc1)c1cc([N+](=O)[O-])cnc1Cl. The van der Waals surface area contributed by atoms with Crippen LogP contribution in [-0.4, -0.2) is 20.8 Å². The van der Waals surface area contributed by atoms with Gasteiger partial charge in [0.1, 0.15) is 11.3 Å². The van der Waals surface area contributed by atoms with Crippen molar-refractivity contribution in [2.24, 2.45) is 0 Å². The van der Waals surface area contributed by atoms with Gasteiger partial charge in [-0.2, -0.15) is 0 Å². The number of hydrogen-bond acceptors (Lipinski definition) is 5. The van der Waals surface area contributed by atoms with Crippen molar-refractivity contribution in [1.29, 1.82) is 0 Å². The molecule has 96 valence electrons. The minimum Gasteiger partial charge on any atom is -0.320 e. The summed E-state index contributed by atoms with van der Waals surface area (Å²) in [5.74, 6) is -0.589. The van der Waals surface area contributed by atoms with Crippen LogP contribution < -0.4 is 5.32 Å². The molecule has 2 rings (SSSR count). The maximum atomic E-state index is 11.9. The number of rotatable bonds is 3. The molecule has 0 aromatic carbocycles. The summed E-state index contributed by atoms with van der Waals surface area (Å²) in [4.78, 5) is 29.3. The highest BCUT2D eigenvalue weighted by Crippen LogP contribution is 2.20. The molecule has 0 bridgehead atoms. The van der Waals surface area contributed by atoms with Crippen molar-refractivity contribution in [1.82, 2.24) is 9.97 Å². The van der Waals surface area contributed by atoms with E-state index in [1.54, 1.807) is 18.3 Å². The highest BCUT2D eigenvalue weighted by atomic mass is 35.5. The molecule has 1 N–H and O–H groups in total. The van der Waals surface area contributed by atoms with Crippen LogP contribution in [0.2, 0.25) is 5.15 Å². The van der Waals surface area contributed by atoms with Gasteiger partial charge in [-0.1, -0.05) is 11.6 Å². The number of amides is 1. The molecule has 2 aromatic rings. The number of hydrogen-bond donors (Lipinski definition) is 1. The van der Waals surface area contributed by atoms with Crippen molar-refractivity contribution < 1.29 is 9.72 Å². The summed E-state index contributed by atoms with van der Waals surface area (Å²) in [6.45, 7) is 0. The van der Waals surface area contributed by atoms with E-state index in [1.807, 2.05) is 0 Å². The fraction of sp³-hybridized carbons (Fsp3) is 0. The van der Waals surface area contributed by atoms with Crippen LogP contribution in [0.15, 0.2) is 36.8 Å². The zero-order valence-corrected chi connectivity index (χ0v) is 10.2. The Balaban J connectivity index is 2.28. The van der Waals surface area contributed by atoms with E-state index in [2.05, 4.69) is 15.3 Å². The summed E-state index contributed by atoms with van der Waals surface area (Å²) in [7, 11) is 0. The van der Waals surface area contributed by atoms with Crippen LogP contribution in [0, 0.1) is 10.1 Å². The highest BCUT2D eigenvalue weighted by Gasteiger charge is 2.17. The van der Waals surface area contributed by atoms with Crippen molar-refractivity contribution in [2.75, 3.05) is 5.32 Å². The minimum absolute atomic E-state index is 0.0697. The first kappa shape index (κ1) is 12.9. The van der Waals surface area contributed by atoms with Gasteiger partial charge < -0.3 is 5.32 Å². The van der Waals surface area contributed by atoms with Crippen LogP contribution >= 0.6 is 11.6 Å². The lowest BCUT2D eigenvalue weighted by Crippen LogP contribution is -2.13. The third kappa shape index (κ3) is 3.02. The maximum Gasteiger partial charge on any atom is 0.288 e. The molecular formula is C11H7ClN4O3. The number of halogens is 1. The Morgan fingerprint density at radius 3 is 2.84 bits per heavy atom. The van der Waals surface area contributed by atoms with Crippen molar-refractivity contribution in [3.8, 4) is 0 Å². The molecule has 0 saturated heterocycles. The van der Waals surface area contributed by atoms with E-state index in [0.717, 1.165) is 12.3 Å². The van der Waals surface area contributed by atoms with Crippen LogP contribution in [0.25, 0.3) is 0 Å². The molecule has 8 heteroatoms. The Labute approximate surface area is 112 Å². The van der Waals surface area contributed by atoms with Crippen LogP contribution in [0.1, 0.15) is 10.4 Å². The summed E-state index contributed by atoms with van der Waals surface area (Å²) in [6.07, 6.45) is 3.98. The summed E-state index contributed by atoms with van der Waals surface area (Å²) in [5, 5.41) is 13.0. The number of aromatic nitrogens is 2. The Kier molecular flexibility index (Phi) is 3.67. The van der Waals surface area contributed by atoms with Crippen LogP contribution in [0.5, 0.6) is 0 Å². The second-order valence-corrected chi connectivity index (χ2v) is 3.84. The topological polar surface area (TPSA) is 98.0 Å². The number of carbonyl (C=O) groups excluding carboxylic acids is 1. The molecule has 0 aliphatic rings. The van der Waals surface area contributed by atoms with E-state index in [1.165, 1.54) is 6.20 Å². The molecule has 19 heavy (non-hydrogen) atoms. The number of nitrogens with zero attached hydrogens (tertiary/aromatic N) is 3. The molecule has 0 fully saturated rings. The van der Waals surface area contributed by atoms with Gasteiger partial charge in [0.25, 0.3) is 11.6 Å². The zero-order valence-electron chi connectivity index (χ0n) is 9.41. The summed E-state index contributed by atoms with van der Waals surface area (Å²) >= 11 is 5.75. The number of nitro groups is 1. The van der Waals surface area contributed by atoms with Gasteiger partial charge in [-0.05, 0) is 12.1 Å². The molecule has 0 spiro atoms. The van der Waals surface area contributed by atoms with Crippen molar-refractivity contribution in [2.45, 2.75) is 0 Å². The number of pyridine rings is 2. The van der Waals surface area contributed by atoms with Crippen LogP contribution in [0.4, 0.5) is 11.4 Å². The average Bonchev–Trinajstić information content (AvgIpc) is 2.40. The predicted octanol–water partition coefficient (Wildman–Crippen LogP) is 2.29. The Morgan fingerprint density at radius 2 is 2.21 bits per heavy atom. The van der Waals surface area contributed by atoms with E-state index in [0.29, 0.717) is 5.69 Å². The highest BCUT2D eigenvalue weighted by molar-refractivity contribution is 6.33. The van der Waals surface area contributed by atoms with E-state index in [9.17, 15) is 14.9 Å². The Hall–Kier alpha value is -2.54. The van der Waals surface area contributed by atoms with Gasteiger partial charge in [0.15, 0.2) is 0 Å². The lowest BCUT2D eigenvalue weighted by molar-refractivity contribution is -0.385. The number of carbonyl (C=O) groups is 1. The van der Waals surface area contributed by atoms with E-state index < -0.39 is 10.8 Å². The molecule has 1 amide bonds. The molecule has 0 atom stereocenters. The molecule has 2 aromatic heterocycles. The molecule has 7 nitrogen and oxygen atoms in total. The standard InChI is InChI=1S/C11H7ClN4O3/c12-10-9(4-8(6-14-10)16(18)19)11(17)15-7-2-1-3-13-5-7/h1-6H,(H,15,17). The largest absolute Gasteiger partial charge is 0.320 e. The molecule has 2 heterocycles. The second-order valence-electron chi connectivity index (χ2n) is 3.48. The fourth-order valence-electron chi connectivity index (χ4n) is 1.33. The number of nitrogens with one attached hydrogen (secondary N) is 1. The van der Waals surface area contributed by atoms with Crippen molar-refractivity contribution in [3.63, 3.8) is 0 Å². The molecular weight excluding hydrogens is 272 g/mol. The maximum absolute atomic E-state index is 11.9. The lowest BCUT2D eigenvalue weighted by Gasteiger charge is -2.05. The van der Waals surface area contributed by atoms with Gasteiger partial charge in [-0.3, -0.25) is 19.9 Å². The average molecular weight is 279 g/mol. The lowest BCUT2D eigenvalue weighted by atomic mass is 10.2. The minimum atomic E-state index is -0.649. The van der Waals surface area contributed by atoms with E-state index >= 15 is 0 Å². The third-order valence-electron chi connectivity index (χ3n) is 2.20. The van der Waals surface area contributed by atoms with Gasteiger partial charge in [-0.15, -0.1) is 0 Å². The third-order valence-corrected chi connectivity index (χ3v) is 2.50. The first-order chi connectivity index (χ1) is 9.08. The smallest absolute Gasteiger partial charge is 0.288 e. The first-order valence-electron chi connectivity index (χ1n) is 5.09. The zero-order chi connectivity index (χ0) is 13.8. The van der Waals surface area contributed by atoms with Gasteiger partial charge in [0.05, 0.1) is 22.4 Å². The van der Waals surface area contributed by atoms with Gasteiger partial charge in [0, 0.05) is 12.3 Å². The Bertz CT molecular complexity index is 633. The first-order valence-corrected chi connectivity index (χ1v) is 5.47. The number of anilines is 1. The summed E-state index contributed by atoms with van der Waals surface area (Å²) in [6, 6.07) is 4.34. The molecule has 0 aliphatic carbocycles. The van der Waals surface area contributed by atoms with Gasteiger partial charge >= 0.3 is 0 Å². The van der Waals surface area contributed by atoms with Gasteiger partial charge in [-0.25, -0.2) is 4.98 Å². The van der Waals surface area contributed by atoms with Crippen molar-refractivity contribution >= 4 is 28.9 Å². The normalized spacial score (nSPS) is 9.95. The summed E-state index contributed by atoms with van der Waals surface area (Å²) in [5.41, 5.74) is 0.0792. The quantitative estimate of drug-likeness (QED) is 0.527. The monoisotopic (exact) mass is 278 g/mol. The van der Waals surface area contributed by atoms with Crippen LogP contribution in [0.3, 0.4) is 0 Å². The molecule has 0 unspecified atom stereocenters. The van der Waals surface area contributed by atoms with E-state index in [-0.39, 0.29) is 16.4 Å². The van der Waals surface area contributed by atoms with Crippen molar-refractivity contribution in [3.05, 3.63) is 57.6 Å². The predicted molar refractivity (Wildman–Crippen MR) is 68.1 cm³/mol. The van der Waals surface area contributed by atoms with Gasteiger partial charge in [0.2, 0.25) is 0 Å². The van der Waals surface area contributed by atoms with E-state index in [4.69, 9.17) is 11.6 Å². The molecule has 0 saturated carbocycles. The summed E-state index contributed by atoms with van der Waals surface area (Å²) < 4.78 is 0. The second kappa shape index (κ2) is 5.40.